The molecule has 1 aromatic rings. The molecule has 1 atom stereocenters. The van der Waals surface area contributed by atoms with Crippen molar-refractivity contribution in [2.24, 2.45) is 0 Å². The first kappa shape index (κ1) is 17.3. The van der Waals surface area contributed by atoms with Gasteiger partial charge in [0.25, 0.3) is 0 Å². The average molecular weight is 295 g/mol. The van der Waals surface area contributed by atoms with Gasteiger partial charge in [0, 0.05) is 24.2 Å². The molecule has 1 aromatic carbocycles. The second-order valence-corrected chi connectivity index (χ2v) is 5.25. The fourth-order valence-electron chi connectivity index (χ4n) is 1.66. The zero-order valence-corrected chi connectivity index (χ0v) is 13.2. The maximum atomic E-state index is 11.0. The molecule has 0 spiro atoms. The third kappa shape index (κ3) is 6.04. The first-order valence-corrected chi connectivity index (χ1v) is 7.32. The summed E-state index contributed by atoms with van der Waals surface area (Å²) in [7, 11) is 0. The minimum Gasteiger partial charge on any atom is -0.493 e. The Bertz CT molecular complexity index is 460. The topological polar surface area (TPSA) is 67.8 Å². The lowest BCUT2D eigenvalue weighted by Gasteiger charge is -2.17. The third-order valence-electron chi connectivity index (χ3n) is 2.86. The van der Waals surface area contributed by atoms with Crippen LogP contribution >= 0.6 is 0 Å². The summed E-state index contributed by atoms with van der Waals surface area (Å²) in [4.78, 5) is 11.0. The lowest BCUT2D eigenvalue weighted by molar-refractivity contribution is -0.144. The monoisotopic (exact) mass is 295 g/mol. The Kier molecular flexibility index (Phi) is 7.02. The predicted octanol–water partition coefficient (Wildman–Crippen LogP) is 2.83. The highest BCUT2D eigenvalue weighted by atomic mass is 16.5. The van der Waals surface area contributed by atoms with E-state index in [2.05, 4.69) is 19.2 Å². The SMILES string of the molecule is CCCOc1ccc(CNC(C)C)c(OC(C)C(=O)O)c1. The molecule has 0 radical (unpaired) electrons. The van der Waals surface area contributed by atoms with Crippen molar-refractivity contribution < 1.29 is 19.4 Å². The standard InChI is InChI=1S/C16H25NO4/c1-5-8-20-14-7-6-13(10-17-11(2)3)15(9-14)21-12(4)16(18)19/h6-7,9,11-12,17H,5,8,10H2,1-4H3,(H,18,19). The Balaban J connectivity index is 2.91. The molecule has 0 heterocycles. The van der Waals surface area contributed by atoms with Crippen LogP contribution in [0.2, 0.25) is 0 Å². The van der Waals surface area contributed by atoms with Crippen LogP contribution in [0.4, 0.5) is 0 Å². The molecule has 0 aliphatic rings. The number of ether oxygens (including phenoxy) is 2. The molecule has 0 saturated carbocycles. The molecule has 1 unspecified atom stereocenters. The second kappa shape index (κ2) is 8.52. The highest BCUT2D eigenvalue weighted by Gasteiger charge is 2.15. The van der Waals surface area contributed by atoms with Gasteiger partial charge in [-0.1, -0.05) is 26.8 Å². The van der Waals surface area contributed by atoms with Gasteiger partial charge in [-0.3, -0.25) is 0 Å². The average Bonchev–Trinajstić information content (AvgIpc) is 2.43. The second-order valence-electron chi connectivity index (χ2n) is 5.25. The quantitative estimate of drug-likeness (QED) is 0.733. The molecule has 0 fully saturated rings. The van der Waals surface area contributed by atoms with E-state index in [0.717, 1.165) is 12.0 Å². The highest BCUT2D eigenvalue weighted by molar-refractivity contribution is 5.72. The van der Waals surface area contributed by atoms with Gasteiger partial charge in [0.1, 0.15) is 11.5 Å². The number of carboxylic acid groups (broad SMARTS) is 1. The highest BCUT2D eigenvalue weighted by Crippen LogP contribution is 2.26. The van der Waals surface area contributed by atoms with Gasteiger partial charge in [-0.05, 0) is 19.4 Å². The number of nitrogens with one attached hydrogen (secondary N) is 1. The molecular weight excluding hydrogens is 270 g/mol. The van der Waals surface area contributed by atoms with Crippen LogP contribution in [0.1, 0.15) is 39.7 Å². The minimum atomic E-state index is -0.988. The van der Waals surface area contributed by atoms with E-state index in [4.69, 9.17) is 14.6 Å². The van der Waals surface area contributed by atoms with Crippen LogP contribution in [0.25, 0.3) is 0 Å². The van der Waals surface area contributed by atoms with Gasteiger partial charge >= 0.3 is 5.97 Å². The van der Waals surface area contributed by atoms with Crippen molar-refractivity contribution in [2.75, 3.05) is 6.61 Å². The number of rotatable bonds is 9. The van der Waals surface area contributed by atoms with Gasteiger partial charge in [-0.15, -0.1) is 0 Å². The number of benzene rings is 1. The van der Waals surface area contributed by atoms with E-state index >= 15 is 0 Å². The lowest BCUT2D eigenvalue weighted by Crippen LogP contribution is -2.25. The number of hydrogen-bond donors (Lipinski definition) is 2. The Morgan fingerprint density at radius 2 is 2.05 bits per heavy atom. The third-order valence-corrected chi connectivity index (χ3v) is 2.86. The van der Waals surface area contributed by atoms with Gasteiger partial charge in [0.2, 0.25) is 0 Å². The lowest BCUT2D eigenvalue weighted by atomic mass is 10.1. The number of hydrogen-bond acceptors (Lipinski definition) is 4. The van der Waals surface area contributed by atoms with Gasteiger partial charge in [0.15, 0.2) is 6.10 Å². The Morgan fingerprint density at radius 1 is 1.33 bits per heavy atom. The molecule has 0 aromatic heterocycles. The fourth-order valence-corrected chi connectivity index (χ4v) is 1.66. The van der Waals surface area contributed by atoms with Gasteiger partial charge in [-0.2, -0.15) is 0 Å². The van der Waals surface area contributed by atoms with Gasteiger partial charge < -0.3 is 19.9 Å². The first-order chi connectivity index (χ1) is 9.93. The first-order valence-electron chi connectivity index (χ1n) is 7.32. The molecule has 21 heavy (non-hydrogen) atoms. The summed E-state index contributed by atoms with van der Waals surface area (Å²) in [6.45, 7) is 8.90. The van der Waals surface area contributed by atoms with Crippen LogP contribution in [0.5, 0.6) is 11.5 Å². The van der Waals surface area contributed by atoms with E-state index in [0.29, 0.717) is 30.7 Å². The normalized spacial score (nSPS) is 12.2. The summed E-state index contributed by atoms with van der Waals surface area (Å²) in [5.41, 5.74) is 0.917. The number of carbonyl (C=O) groups is 1. The largest absolute Gasteiger partial charge is 0.493 e. The molecule has 1 rings (SSSR count). The minimum absolute atomic E-state index is 0.339. The summed E-state index contributed by atoms with van der Waals surface area (Å²) in [5.74, 6) is 0.252. The zero-order valence-electron chi connectivity index (χ0n) is 13.2. The van der Waals surface area contributed by atoms with Gasteiger partial charge in [-0.25, -0.2) is 4.79 Å². The maximum Gasteiger partial charge on any atom is 0.344 e. The van der Waals surface area contributed by atoms with Crippen molar-refractivity contribution in [3.63, 3.8) is 0 Å². The van der Waals surface area contributed by atoms with Crippen molar-refractivity contribution in [3.05, 3.63) is 23.8 Å². The van der Waals surface area contributed by atoms with Crippen molar-refractivity contribution >= 4 is 5.97 Å². The van der Waals surface area contributed by atoms with E-state index < -0.39 is 12.1 Å². The summed E-state index contributed by atoms with van der Waals surface area (Å²) in [6.07, 6.45) is 0.0162. The van der Waals surface area contributed by atoms with E-state index in [1.807, 2.05) is 19.1 Å². The van der Waals surface area contributed by atoms with Crippen LogP contribution in [-0.4, -0.2) is 29.8 Å². The molecule has 5 heteroatoms. The number of carboxylic acids is 1. The Hall–Kier alpha value is -1.75. The van der Waals surface area contributed by atoms with Crippen molar-refractivity contribution in [1.82, 2.24) is 5.32 Å². The molecule has 2 N–H and O–H groups in total. The van der Waals surface area contributed by atoms with E-state index in [-0.39, 0.29) is 0 Å². The molecule has 0 bridgehead atoms. The van der Waals surface area contributed by atoms with Crippen molar-refractivity contribution in [2.45, 2.75) is 52.8 Å². The molecule has 5 nitrogen and oxygen atoms in total. The van der Waals surface area contributed by atoms with Crippen molar-refractivity contribution in [3.8, 4) is 11.5 Å². The van der Waals surface area contributed by atoms with Crippen LogP contribution in [0, 0.1) is 0 Å². The van der Waals surface area contributed by atoms with Crippen LogP contribution in [0.15, 0.2) is 18.2 Å². The smallest absolute Gasteiger partial charge is 0.344 e. The Labute approximate surface area is 126 Å². The van der Waals surface area contributed by atoms with Crippen LogP contribution in [-0.2, 0) is 11.3 Å². The van der Waals surface area contributed by atoms with Crippen LogP contribution in [0.3, 0.4) is 0 Å². The molecule has 0 aliphatic heterocycles. The van der Waals surface area contributed by atoms with E-state index in [9.17, 15) is 4.79 Å². The zero-order chi connectivity index (χ0) is 15.8. The molecule has 0 amide bonds. The van der Waals surface area contributed by atoms with Gasteiger partial charge in [0.05, 0.1) is 6.61 Å². The molecule has 0 saturated heterocycles. The maximum absolute atomic E-state index is 11.0. The molecule has 0 aliphatic carbocycles. The molecular formula is C16H25NO4. The van der Waals surface area contributed by atoms with E-state index in [1.54, 1.807) is 6.07 Å². The summed E-state index contributed by atoms with van der Waals surface area (Å²) in [5, 5.41) is 12.3. The summed E-state index contributed by atoms with van der Waals surface area (Å²) < 4.78 is 11.1. The summed E-state index contributed by atoms with van der Waals surface area (Å²) in [6, 6.07) is 5.88. The van der Waals surface area contributed by atoms with Crippen LogP contribution < -0.4 is 14.8 Å². The van der Waals surface area contributed by atoms with E-state index in [1.165, 1.54) is 6.92 Å². The fraction of sp³-hybridized carbons (Fsp3) is 0.562. The number of aliphatic carboxylic acids is 1. The predicted molar refractivity (Wildman–Crippen MR) is 81.9 cm³/mol. The Morgan fingerprint density at radius 3 is 2.62 bits per heavy atom. The van der Waals surface area contributed by atoms with Crippen molar-refractivity contribution in [1.29, 1.82) is 0 Å². The molecule has 118 valence electrons. The summed E-state index contributed by atoms with van der Waals surface area (Å²) >= 11 is 0.